The number of carbonyl (C=O) groups is 2. The van der Waals surface area contributed by atoms with Gasteiger partial charge >= 0.3 is 6.09 Å². The van der Waals surface area contributed by atoms with Gasteiger partial charge in [-0.1, -0.05) is 105 Å². The molecule has 2 N–H and O–H groups in total. The SMILES string of the molecule is C=C(C)C1CC(NC(=O)c2ccc(-c3noc(COC4CCN(C(=O)OC(C)(C)C)CC4)n3)cc2F)CN1CC1C(C)=C(/C=C\C)c2ccccc21.CCCCCC.COO. The van der Waals surface area contributed by atoms with Crippen LogP contribution >= 0.6 is 0 Å². The molecule has 3 aliphatic rings. The number of benzene rings is 2. The van der Waals surface area contributed by atoms with Crippen LogP contribution in [0.1, 0.15) is 134 Å². The summed E-state index contributed by atoms with van der Waals surface area (Å²) in [6, 6.07) is 12.8. The number of aromatic nitrogens is 2. The molecule has 3 atom stereocenters. The van der Waals surface area contributed by atoms with Gasteiger partial charge in [-0.05, 0) is 89.6 Å². The summed E-state index contributed by atoms with van der Waals surface area (Å²) < 4.78 is 32.2. The van der Waals surface area contributed by atoms with Gasteiger partial charge in [0.2, 0.25) is 5.82 Å². The van der Waals surface area contributed by atoms with Crippen LogP contribution in [0.25, 0.3) is 17.0 Å². The average molecular weight is 846 g/mol. The van der Waals surface area contributed by atoms with E-state index in [4.69, 9.17) is 19.3 Å². The fourth-order valence-electron chi connectivity index (χ4n) is 8.01. The Morgan fingerprint density at radius 2 is 1.77 bits per heavy atom. The molecule has 0 radical (unpaired) electrons. The monoisotopic (exact) mass is 846 g/mol. The maximum atomic E-state index is 15.4. The Labute approximate surface area is 362 Å². The van der Waals surface area contributed by atoms with E-state index in [2.05, 4.69) is 89.0 Å². The number of hydrogen-bond acceptors (Lipinski definition) is 10. The highest BCUT2D eigenvalue weighted by Crippen LogP contribution is 2.43. The molecule has 2 saturated heterocycles. The molecular weight excluding hydrogens is 778 g/mol. The van der Waals surface area contributed by atoms with Crippen molar-refractivity contribution < 1.29 is 38.1 Å². The van der Waals surface area contributed by atoms with Crippen molar-refractivity contribution in [2.24, 2.45) is 0 Å². The zero-order valence-electron chi connectivity index (χ0n) is 37.8. The zero-order chi connectivity index (χ0) is 44.7. The lowest BCUT2D eigenvalue weighted by atomic mass is 9.95. The van der Waals surface area contributed by atoms with Crippen LogP contribution in [0.5, 0.6) is 0 Å². The molecule has 12 nitrogen and oxygen atoms in total. The predicted octanol–water partition coefficient (Wildman–Crippen LogP) is 10.4. The van der Waals surface area contributed by atoms with E-state index in [1.165, 1.54) is 67.2 Å². The molecule has 2 fully saturated rings. The number of amides is 2. The van der Waals surface area contributed by atoms with Gasteiger partial charge in [-0.2, -0.15) is 4.98 Å². The van der Waals surface area contributed by atoms with E-state index in [9.17, 15) is 9.59 Å². The van der Waals surface area contributed by atoms with E-state index < -0.39 is 17.3 Å². The molecule has 3 aromatic rings. The quantitative estimate of drug-likeness (QED) is 0.0740. The van der Waals surface area contributed by atoms with Gasteiger partial charge in [-0.25, -0.2) is 14.1 Å². The number of halogens is 1. The first-order chi connectivity index (χ1) is 29.1. The molecule has 1 aromatic heterocycles. The maximum Gasteiger partial charge on any atom is 0.410 e. The molecule has 6 rings (SSSR count). The lowest BCUT2D eigenvalue weighted by Gasteiger charge is -2.33. The normalized spacial score (nSPS) is 19.3. The summed E-state index contributed by atoms with van der Waals surface area (Å²) in [6.07, 6.45) is 11.4. The van der Waals surface area contributed by atoms with Crippen molar-refractivity contribution in [3.05, 3.63) is 101 Å². The largest absolute Gasteiger partial charge is 0.444 e. The molecule has 2 aliphatic heterocycles. The van der Waals surface area contributed by atoms with Crippen LogP contribution in [0.2, 0.25) is 0 Å². The Morgan fingerprint density at radius 1 is 1.10 bits per heavy atom. The third-order valence-corrected chi connectivity index (χ3v) is 11.1. The number of piperidine rings is 1. The molecule has 1 aliphatic carbocycles. The highest BCUT2D eigenvalue weighted by molar-refractivity contribution is 5.95. The fraction of sp³-hybridized carbons (Fsp3) is 0.542. The van der Waals surface area contributed by atoms with Crippen molar-refractivity contribution in [1.82, 2.24) is 25.3 Å². The number of hydrogen-bond donors (Lipinski definition) is 2. The molecule has 2 aromatic carbocycles. The topological polar surface area (TPSA) is 139 Å². The summed E-state index contributed by atoms with van der Waals surface area (Å²) in [5.74, 6) is -0.427. The van der Waals surface area contributed by atoms with E-state index >= 15 is 4.39 Å². The minimum absolute atomic E-state index is 0.0432. The van der Waals surface area contributed by atoms with Crippen LogP contribution in [0.15, 0.2) is 76.9 Å². The Bertz CT molecular complexity index is 1960. The number of rotatable bonds is 13. The van der Waals surface area contributed by atoms with Gasteiger partial charge in [-0.3, -0.25) is 15.0 Å². The van der Waals surface area contributed by atoms with E-state index in [1.807, 2.05) is 34.6 Å². The third-order valence-electron chi connectivity index (χ3n) is 11.1. The van der Waals surface area contributed by atoms with Crippen LogP contribution in [-0.2, 0) is 21.0 Å². The summed E-state index contributed by atoms with van der Waals surface area (Å²) in [5, 5.41) is 14.2. The van der Waals surface area contributed by atoms with Gasteiger partial charge in [0, 0.05) is 49.7 Å². The van der Waals surface area contributed by atoms with Gasteiger partial charge in [0.15, 0.2) is 0 Å². The van der Waals surface area contributed by atoms with Crippen molar-refractivity contribution >= 4 is 17.6 Å². The molecule has 61 heavy (non-hydrogen) atoms. The minimum Gasteiger partial charge on any atom is -0.444 e. The number of likely N-dealkylation sites (tertiary alicyclic amines) is 2. The average Bonchev–Trinajstić information content (AvgIpc) is 3.93. The third kappa shape index (κ3) is 13.9. The molecule has 0 saturated carbocycles. The molecule has 13 heteroatoms. The Kier molecular flexibility index (Phi) is 18.9. The fourth-order valence-corrected chi connectivity index (χ4v) is 8.01. The van der Waals surface area contributed by atoms with Crippen LogP contribution < -0.4 is 5.32 Å². The van der Waals surface area contributed by atoms with E-state index in [0.29, 0.717) is 44.5 Å². The molecule has 2 amide bonds. The van der Waals surface area contributed by atoms with E-state index in [-0.39, 0.29) is 54.1 Å². The smallest absolute Gasteiger partial charge is 0.410 e. The Hall–Kier alpha value is -4.69. The highest BCUT2D eigenvalue weighted by Gasteiger charge is 2.38. The summed E-state index contributed by atoms with van der Waals surface area (Å²) >= 11 is 0. The number of allylic oxidation sites excluding steroid dienone is 3. The molecular formula is C48H68FN5O7. The first-order valence-corrected chi connectivity index (χ1v) is 21.7. The van der Waals surface area contributed by atoms with Crippen LogP contribution in [0.3, 0.4) is 0 Å². The van der Waals surface area contributed by atoms with Gasteiger partial charge in [0.05, 0.1) is 18.8 Å². The number of nitrogens with zero attached hydrogens (tertiary/aromatic N) is 4. The number of ether oxygens (including phenoxy) is 2. The summed E-state index contributed by atoms with van der Waals surface area (Å²) in [5.41, 5.74) is 6.06. The number of nitrogens with one attached hydrogen (secondary N) is 1. The zero-order valence-corrected chi connectivity index (χ0v) is 37.8. The second-order valence-corrected chi connectivity index (χ2v) is 17.0. The van der Waals surface area contributed by atoms with Crippen LogP contribution in [0.4, 0.5) is 9.18 Å². The second kappa shape index (κ2) is 23.5. The lowest BCUT2D eigenvalue weighted by Crippen LogP contribution is -2.43. The highest BCUT2D eigenvalue weighted by atomic mass is 19.1. The second-order valence-electron chi connectivity index (χ2n) is 17.0. The van der Waals surface area contributed by atoms with E-state index in [1.54, 1.807) is 11.0 Å². The van der Waals surface area contributed by atoms with Gasteiger partial charge in [-0.15, -0.1) is 0 Å². The molecule has 0 bridgehead atoms. The molecule has 3 heterocycles. The number of unbranched alkanes of at least 4 members (excludes halogenated alkanes) is 3. The number of carbonyl (C=O) groups excluding carboxylic acids is 2. The summed E-state index contributed by atoms with van der Waals surface area (Å²) in [6.45, 7) is 23.2. The van der Waals surface area contributed by atoms with Crippen molar-refractivity contribution in [3.63, 3.8) is 0 Å². The maximum absolute atomic E-state index is 15.4. The summed E-state index contributed by atoms with van der Waals surface area (Å²) in [7, 11) is 1.18. The van der Waals surface area contributed by atoms with Gasteiger partial charge in [0.1, 0.15) is 18.0 Å². The number of fused-ring (bicyclic) bond motifs is 1. The minimum atomic E-state index is -0.666. The van der Waals surface area contributed by atoms with Gasteiger partial charge < -0.3 is 24.2 Å². The molecule has 3 unspecified atom stereocenters. The van der Waals surface area contributed by atoms with E-state index in [0.717, 1.165) is 12.1 Å². The molecule has 0 spiro atoms. The Balaban J connectivity index is 0.000000827. The van der Waals surface area contributed by atoms with Crippen molar-refractivity contribution in [1.29, 1.82) is 0 Å². The van der Waals surface area contributed by atoms with Crippen LogP contribution in [-0.4, -0.2) is 94.3 Å². The van der Waals surface area contributed by atoms with Gasteiger partial charge in [0.25, 0.3) is 11.8 Å². The molecule has 334 valence electrons. The lowest BCUT2D eigenvalue weighted by molar-refractivity contribution is -0.214. The first kappa shape index (κ1) is 49.0. The standard InChI is InChI=1S/C41H50FN5O5.C6H14.CH4O2/c1-8-11-30-26(4)34(32-13-10-9-12-31(30)32)23-47-22-28(21-36(47)25(2)3)43-39(48)33-15-14-27(20-35(33)42)38-44-37(52-45-38)24-50-29-16-18-46(19-17-29)40(49)51-41(5,6)7;1-3-5-6-4-2;1-3-2/h8-15,20,28-29,34,36H,2,16-19,21-24H2,1,3-7H3,(H,43,48);3-6H2,1-2H3;2H,1H3/b11-8-;;. The van der Waals surface area contributed by atoms with Crippen molar-refractivity contribution in [2.45, 2.75) is 137 Å². The predicted molar refractivity (Wildman–Crippen MR) is 237 cm³/mol. The van der Waals surface area contributed by atoms with Crippen molar-refractivity contribution in [2.75, 3.05) is 33.3 Å². The summed E-state index contributed by atoms with van der Waals surface area (Å²) in [4.78, 5) is 37.4. The van der Waals surface area contributed by atoms with Crippen LogP contribution in [0, 0.1) is 5.82 Å². The Morgan fingerprint density at radius 3 is 2.38 bits per heavy atom. The first-order valence-electron chi connectivity index (χ1n) is 21.7. The van der Waals surface area contributed by atoms with Crippen molar-refractivity contribution in [3.8, 4) is 11.4 Å².